The Morgan fingerprint density at radius 2 is 1.84 bits per heavy atom. The smallest absolute Gasteiger partial charge is 0.263 e. The van der Waals surface area contributed by atoms with E-state index in [1.807, 2.05) is 32.0 Å². The highest BCUT2D eigenvalue weighted by Crippen LogP contribution is 2.49. The molecule has 5 aliphatic rings. The van der Waals surface area contributed by atoms with Gasteiger partial charge in [0.15, 0.2) is 0 Å². The Bertz CT molecular complexity index is 1550. The van der Waals surface area contributed by atoms with E-state index in [0.717, 1.165) is 67.7 Å². The van der Waals surface area contributed by atoms with Crippen molar-refractivity contribution in [3.05, 3.63) is 58.1 Å². The summed E-state index contributed by atoms with van der Waals surface area (Å²) < 4.78 is 22.5. The van der Waals surface area contributed by atoms with Gasteiger partial charge in [0.2, 0.25) is 0 Å². The van der Waals surface area contributed by atoms with Crippen molar-refractivity contribution in [3.63, 3.8) is 0 Å². The van der Waals surface area contributed by atoms with E-state index < -0.39 is 16.6 Å². The summed E-state index contributed by atoms with van der Waals surface area (Å²) in [5, 5.41) is 12.4. The van der Waals surface area contributed by atoms with E-state index in [0.29, 0.717) is 31.7 Å². The number of fused-ring (bicyclic) bond motifs is 4. The molecule has 7 atom stereocenters. The number of carbonyl (C=O) groups is 2. The standard InChI is InChI=1S/C34H43ClN2O5S.C6H13N/c1-22-5-3-14-34(40,15-16-38)29-10-7-26(29)19-37-20-33(13-4-6-24-17-27(35)9-11-28(24)33)21-42-31-12-8-25(18-30(31)37)32(39)36-43(41)23(22)2;1-7-5-3-2-4-6-7/h8-9,11-12,16-18,22-23,26,29,40H,3-7,10,13-15,19-21H2,1-2H3,(H,36,39);2-6H2,1H3/t22?,23?,26?,29?,33-,34-,43?;/m0./s1. The van der Waals surface area contributed by atoms with Crippen LogP contribution in [0.5, 0.6) is 5.75 Å². The first-order valence-electron chi connectivity index (χ1n) is 18.9. The summed E-state index contributed by atoms with van der Waals surface area (Å²) in [7, 11) is 0.627. The van der Waals surface area contributed by atoms with Gasteiger partial charge < -0.3 is 24.4 Å². The minimum absolute atomic E-state index is 0.0139. The quantitative estimate of drug-likeness (QED) is 0.327. The summed E-state index contributed by atoms with van der Waals surface area (Å²) in [4.78, 5) is 29.9. The van der Waals surface area contributed by atoms with Crippen molar-refractivity contribution in [2.75, 3.05) is 44.7 Å². The van der Waals surface area contributed by atoms with Crippen LogP contribution in [0.2, 0.25) is 5.02 Å². The molecule has 2 aromatic carbocycles. The average molecular weight is 726 g/mol. The topological polar surface area (TPSA) is 99.2 Å². The van der Waals surface area contributed by atoms with Crippen LogP contribution in [-0.2, 0) is 27.6 Å². The van der Waals surface area contributed by atoms with E-state index in [1.165, 1.54) is 43.5 Å². The third-order valence-electron chi connectivity index (χ3n) is 12.5. The lowest BCUT2D eigenvalue weighted by Crippen LogP contribution is -2.53. The number of halogens is 1. The number of benzene rings is 2. The monoisotopic (exact) mass is 725 g/mol. The van der Waals surface area contributed by atoms with Gasteiger partial charge in [-0.3, -0.25) is 9.52 Å². The highest BCUT2D eigenvalue weighted by molar-refractivity contribution is 7.84. The molecule has 1 spiro atoms. The van der Waals surface area contributed by atoms with Gasteiger partial charge in [0.25, 0.3) is 5.91 Å². The Labute approximate surface area is 306 Å². The molecule has 8 nitrogen and oxygen atoms in total. The van der Waals surface area contributed by atoms with Gasteiger partial charge in [-0.25, -0.2) is 4.21 Å². The highest BCUT2D eigenvalue weighted by atomic mass is 35.5. The number of carbonyl (C=O) groups excluding carboxylic acids is 2. The zero-order chi connectivity index (χ0) is 35.5. The van der Waals surface area contributed by atoms with E-state index in [9.17, 15) is 18.9 Å². The fraction of sp³-hybridized carbons (Fsp3) is 0.650. The van der Waals surface area contributed by atoms with Gasteiger partial charge in [-0.05, 0) is 144 Å². The van der Waals surface area contributed by atoms with Crippen LogP contribution >= 0.6 is 11.6 Å². The second-order valence-corrected chi connectivity index (χ2v) is 17.9. The first kappa shape index (κ1) is 37.3. The van der Waals surface area contributed by atoms with Gasteiger partial charge in [-0.15, -0.1) is 0 Å². The molecule has 10 heteroatoms. The van der Waals surface area contributed by atoms with E-state index >= 15 is 0 Å². The van der Waals surface area contributed by atoms with Gasteiger partial charge in [0, 0.05) is 35.5 Å². The lowest BCUT2D eigenvalue weighted by atomic mass is 9.62. The Balaban J connectivity index is 0.000000552. The van der Waals surface area contributed by atoms with Crippen molar-refractivity contribution >= 4 is 40.5 Å². The Hall–Kier alpha value is -2.46. The number of nitrogens with one attached hydrogen (secondary N) is 1. The molecule has 1 saturated heterocycles. The summed E-state index contributed by atoms with van der Waals surface area (Å²) in [6, 6.07) is 11.7. The molecule has 0 radical (unpaired) electrons. The Morgan fingerprint density at radius 1 is 1.04 bits per heavy atom. The predicted molar refractivity (Wildman–Crippen MR) is 201 cm³/mol. The number of hydrogen-bond donors (Lipinski definition) is 2. The first-order chi connectivity index (χ1) is 24.0. The van der Waals surface area contributed by atoms with Crippen molar-refractivity contribution in [2.24, 2.45) is 17.8 Å². The third-order valence-corrected chi connectivity index (χ3v) is 14.2. The second-order valence-electron chi connectivity index (χ2n) is 15.9. The summed E-state index contributed by atoms with van der Waals surface area (Å²) in [5.41, 5.74) is 2.50. The maximum absolute atomic E-state index is 13.4. The fourth-order valence-corrected chi connectivity index (χ4v) is 10.3. The summed E-state index contributed by atoms with van der Waals surface area (Å²) >= 11 is 6.41. The molecule has 2 aliphatic carbocycles. The number of piperidine rings is 1. The minimum atomic E-state index is -1.57. The number of ether oxygens (including phenoxy) is 1. The van der Waals surface area contributed by atoms with Crippen LogP contribution in [-0.4, -0.2) is 77.1 Å². The van der Waals surface area contributed by atoms with Crippen molar-refractivity contribution in [1.29, 1.82) is 0 Å². The fourth-order valence-electron chi connectivity index (χ4n) is 9.09. The molecule has 2 bridgehead atoms. The molecule has 5 unspecified atom stereocenters. The van der Waals surface area contributed by atoms with E-state index in [4.69, 9.17) is 16.3 Å². The molecular formula is C40H56ClN3O5S. The van der Waals surface area contributed by atoms with Crippen LogP contribution in [0.15, 0.2) is 36.4 Å². The molecule has 3 heterocycles. The molecule has 1 saturated carbocycles. The number of anilines is 1. The van der Waals surface area contributed by atoms with Crippen LogP contribution in [0.25, 0.3) is 0 Å². The van der Waals surface area contributed by atoms with Gasteiger partial charge in [0.05, 0.1) is 23.1 Å². The zero-order valence-electron chi connectivity index (χ0n) is 30.1. The van der Waals surface area contributed by atoms with Gasteiger partial charge in [-0.1, -0.05) is 37.4 Å². The number of aldehydes is 1. The Morgan fingerprint density at radius 3 is 2.54 bits per heavy atom. The average Bonchev–Trinajstić information content (AvgIpc) is 3.23. The highest BCUT2D eigenvalue weighted by Gasteiger charge is 2.48. The minimum Gasteiger partial charge on any atom is -0.490 e. The maximum Gasteiger partial charge on any atom is 0.263 e. The summed E-state index contributed by atoms with van der Waals surface area (Å²) in [6.07, 6.45) is 12.1. The lowest BCUT2D eigenvalue weighted by Gasteiger charge is -2.50. The number of nitrogens with zero attached hydrogens (tertiary/aromatic N) is 2. The van der Waals surface area contributed by atoms with Crippen molar-refractivity contribution in [2.45, 2.75) is 107 Å². The first-order valence-corrected chi connectivity index (χ1v) is 20.5. The zero-order valence-corrected chi connectivity index (χ0v) is 31.7. The van der Waals surface area contributed by atoms with Crippen molar-refractivity contribution in [1.82, 2.24) is 9.62 Å². The third kappa shape index (κ3) is 8.11. The maximum atomic E-state index is 13.4. The molecular weight excluding hydrogens is 670 g/mol. The van der Waals surface area contributed by atoms with Gasteiger partial charge >= 0.3 is 0 Å². The lowest BCUT2D eigenvalue weighted by molar-refractivity contribution is -0.124. The molecule has 2 N–H and O–H groups in total. The molecule has 2 aromatic rings. The number of likely N-dealkylation sites (tertiary alicyclic amines) is 1. The van der Waals surface area contributed by atoms with Gasteiger partial charge in [0.1, 0.15) is 23.0 Å². The molecule has 3 aliphatic heterocycles. The molecule has 2 fully saturated rings. The van der Waals surface area contributed by atoms with Crippen LogP contribution in [0.4, 0.5) is 5.69 Å². The second kappa shape index (κ2) is 16.1. The normalized spacial score (nSPS) is 33.3. The van der Waals surface area contributed by atoms with E-state index in [2.05, 4.69) is 33.7 Å². The molecule has 7 rings (SSSR count). The summed E-state index contributed by atoms with van der Waals surface area (Å²) in [5.74, 6) is 0.658. The molecule has 50 heavy (non-hydrogen) atoms. The number of hydrogen-bond acceptors (Lipinski definition) is 7. The van der Waals surface area contributed by atoms with Gasteiger partial charge in [-0.2, -0.15) is 0 Å². The van der Waals surface area contributed by atoms with Crippen LogP contribution in [0.1, 0.15) is 106 Å². The molecule has 274 valence electrons. The number of aryl methyl sites for hydroxylation is 1. The van der Waals surface area contributed by atoms with Crippen LogP contribution in [0.3, 0.4) is 0 Å². The predicted octanol–water partition coefficient (Wildman–Crippen LogP) is 6.86. The van der Waals surface area contributed by atoms with Crippen LogP contribution in [0, 0.1) is 17.8 Å². The molecule has 1 amide bonds. The van der Waals surface area contributed by atoms with E-state index in [-0.39, 0.29) is 40.7 Å². The Kier molecular flexibility index (Phi) is 12.0. The largest absolute Gasteiger partial charge is 0.490 e. The SMILES string of the molecule is CC1CCC[C@](O)(CC=O)C2CCC2CN2C[C@@]3(CCCc4cc(Cl)ccc43)COc3ccc(cc32)C(=O)NS(=O)C1C.CN1CCCCC1. The van der Waals surface area contributed by atoms with Crippen molar-refractivity contribution < 1.29 is 23.6 Å². The number of amides is 1. The van der Waals surface area contributed by atoms with Crippen molar-refractivity contribution in [3.8, 4) is 5.75 Å². The van der Waals surface area contributed by atoms with Crippen LogP contribution < -0.4 is 14.4 Å². The van der Waals surface area contributed by atoms with E-state index in [1.54, 1.807) is 6.07 Å². The number of rotatable bonds is 2. The number of aliphatic hydroxyl groups is 1. The molecule has 0 aromatic heterocycles. The summed E-state index contributed by atoms with van der Waals surface area (Å²) in [6.45, 7) is 8.48.